The van der Waals surface area contributed by atoms with Gasteiger partial charge in [0.2, 0.25) is 5.91 Å². The van der Waals surface area contributed by atoms with E-state index in [-0.39, 0.29) is 24.4 Å². The minimum absolute atomic E-state index is 0.0575. The van der Waals surface area contributed by atoms with Gasteiger partial charge in [-0.05, 0) is 26.0 Å². The van der Waals surface area contributed by atoms with Gasteiger partial charge in [0, 0.05) is 29.9 Å². The van der Waals surface area contributed by atoms with Crippen LogP contribution in [-0.2, 0) is 11.3 Å². The molecule has 1 aromatic carbocycles. The van der Waals surface area contributed by atoms with Crippen molar-refractivity contribution in [3.8, 4) is 0 Å². The lowest BCUT2D eigenvalue weighted by molar-refractivity contribution is -0.116. The van der Waals surface area contributed by atoms with Crippen LogP contribution in [0.25, 0.3) is 0 Å². The van der Waals surface area contributed by atoms with Crippen molar-refractivity contribution in [2.75, 3.05) is 11.4 Å². The van der Waals surface area contributed by atoms with Gasteiger partial charge in [-0.25, -0.2) is 4.39 Å². The standard InChI is InChI=1S/C15H24FN3O/c1-10(2)18-8-12-13(16)6-5-7-14(12)19(11(3)4)9-15(17)20/h5-7,10-11,18H,8-9H2,1-4H3,(H2,17,20). The van der Waals surface area contributed by atoms with E-state index in [2.05, 4.69) is 5.32 Å². The third kappa shape index (κ3) is 4.49. The number of nitrogens with two attached hydrogens (primary N) is 1. The Balaban J connectivity index is 3.13. The summed E-state index contributed by atoms with van der Waals surface area (Å²) < 4.78 is 14.1. The number of primary amides is 1. The molecular weight excluding hydrogens is 257 g/mol. The number of rotatable bonds is 7. The number of hydrogen-bond acceptors (Lipinski definition) is 3. The van der Waals surface area contributed by atoms with Gasteiger partial charge >= 0.3 is 0 Å². The number of hydrogen-bond donors (Lipinski definition) is 2. The Labute approximate surface area is 120 Å². The van der Waals surface area contributed by atoms with Crippen LogP contribution in [-0.4, -0.2) is 24.5 Å². The number of carbonyl (C=O) groups is 1. The van der Waals surface area contributed by atoms with Crippen LogP contribution in [0, 0.1) is 5.82 Å². The molecule has 112 valence electrons. The van der Waals surface area contributed by atoms with Gasteiger partial charge in [0.25, 0.3) is 0 Å². The molecule has 4 nitrogen and oxygen atoms in total. The monoisotopic (exact) mass is 281 g/mol. The topological polar surface area (TPSA) is 58.4 Å². The minimum atomic E-state index is -0.425. The number of nitrogens with zero attached hydrogens (tertiary/aromatic N) is 1. The summed E-state index contributed by atoms with van der Waals surface area (Å²) in [6.45, 7) is 8.41. The van der Waals surface area contributed by atoms with Crippen molar-refractivity contribution in [2.24, 2.45) is 5.73 Å². The molecule has 0 bridgehead atoms. The van der Waals surface area contributed by atoms with E-state index in [0.29, 0.717) is 17.8 Å². The van der Waals surface area contributed by atoms with Crippen LogP contribution in [0.5, 0.6) is 0 Å². The molecule has 0 saturated carbocycles. The van der Waals surface area contributed by atoms with E-state index >= 15 is 0 Å². The minimum Gasteiger partial charge on any atom is -0.368 e. The molecule has 0 aliphatic rings. The van der Waals surface area contributed by atoms with Crippen molar-refractivity contribution in [2.45, 2.75) is 46.3 Å². The maximum atomic E-state index is 14.1. The van der Waals surface area contributed by atoms with Crippen LogP contribution in [0.4, 0.5) is 10.1 Å². The van der Waals surface area contributed by atoms with Crippen LogP contribution >= 0.6 is 0 Å². The van der Waals surface area contributed by atoms with Crippen LogP contribution in [0.1, 0.15) is 33.3 Å². The summed E-state index contributed by atoms with van der Waals surface area (Å²) in [5.41, 5.74) is 6.57. The van der Waals surface area contributed by atoms with E-state index in [4.69, 9.17) is 5.73 Å². The van der Waals surface area contributed by atoms with Gasteiger partial charge in [-0.3, -0.25) is 4.79 Å². The fourth-order valence-corrected chi connectivity index (χ4v) is 2.01. The van der Waals surface area contributed by atoms with Crippen LogP contribution in [0.15, 0.2) is 18.2 Å². The molecule has 1 aromatic rings. The lowest BCUT2D eigenvalue weighted by Gasteiger charge is -2.30. The highest BCUT2D eigenvalue weighted by Gasteiger charge is 2.18. The lowest BCUT2D eigenvalue weighted by atomic mass is 10.1. The van der Waals surface area contributed by atoms with Crippen LogP contribution < -0.4 is 16.0 Å². The molecule has 0 spiro atoms. The summed E-state index contributed by atoms with van der Waals surface area (Å²) >= 11 is 0. The van der Waals surface area contributed by atoms with E-state index in [1.165, 1.54) is 6.07 Å². The second-order valence-electron chi connectivity index (χ2n) is 5.46. The zero-order valence-corrected chi connectivity index (χ0v) is 12.6. The lowest BCUT2D eigenvalue weighted by Crippen LogP contribution is -2.39. The first-order chi connectivity index (χ1) is 9.32. The summed E-state index contributed by atoms with van der Waals surface area (Å²) in [6, 6.07) is 5.22. The van der Waals surface area contributed by atoms with Gasteiger partial charge in [-0.1, -0.05) is 19.9 Å². The van der Waals surface area contributed by atoms with Crippen molar-refractivity contribution in [1.29, 1.82) is 0 Å². The first-order valence-corrected chi connectivity index (χ1v) is 6.88. The third-order valence-electron chi connectivity index (χ3n) is 3.04. The molecule has 0 radical (unpaired) electrons. The first-order valence-electron chi connectivity index (χ1n) is 6.88. The molecule has 1 amide bonds. The Morgan fingerprint density at radius 3 is 2.50 bits per heavy atom. The number of carbonyl (C=O) groups excluding carboxylic acids is 1. The zero-order chi connectivity index (χ0) is 15.3. The predicted octanol–water partition coefficient (Wildman–Crippen LogP) is 2.02. The molecule has 3 N–H and O–H groups in total. The molecule has 20 heavy (non-hydrogen) atoms. The Morgan fingerprint density at radius 1 is 1.35 bits per heavy atom. The molecule has 0 fully saturated rings. The smallest absolute Gasteiger partial charge is 0.236 e. The summed E-state index contributed by atoms with van der Waals surface area (Å²) in [6.07, 6.45) is 0. The number of benzene rings is 1. The summed E-state index contributed by atoms with van der Waals surface area (Å²) in [4.78, 5) is 13.0. The molecular formula is C15H24FN3O. The average molecular weight is 281 g/mol. The molecule has 1 rings (SSSR count). The van der Waals surface area contributed by atoms with Gasteiger partial charge in [-0.2, -0.15) is 0 Å². The fourth-order valence-electron chi connectivity index (χ4n) is 2.01. The van der Waals surface area contributed by atoms with Gasteiger partial charge < -0.3 is 16.0 Å². The average Bonchev–Trinajstić information content (AvgIpc) is 2.33. The molecule has 0 aliphatic heterocycles. The number of amides is 1. The molecule has 0 unspecified atom stereocenters. The highest BCUT2D eigenvalue weighted by atomic mass is 19.1. The SMILES string of the molecule is CC(C)NCc1c(F)cccc1N(CC(N)=O)C(C)C. The Hall–Kier alpha value is -1.62. The molecule has 5 heteroatoms. The zero-order valence-electron chi connectivity index (χ0n) is 12.6. The van der Waals surface area contributed by atoms with Gasteiger partial charge in [0.05, 0.1) is 6.54 Å². The first kappa shape index (κ1) is 16.4. The normalized spacial score (nSPS) is 11.2. The third-order valence-corrected chi connectivity index (χ3v) is 3.04. The predicted molar refractivity (Wildman–Crippen MR) is 80.1 cm³/mol. The Bertz CT molecular complexity index is 460. The molecule has 0 saturated heterocycles. The Morgan fingerprint density at radius 2 is 2.00 bits per heavy atom. The van der Waals surface area contributed by atoms with E-state index in [1.54, 1.807) is 6.07 Å². The molecule has 0 heterocycles. The van der Waals surface area contributed by atoms with Gasteiger partial charge in [0.1, 0.15) is 5.82 Å². The van der Waals surface area contributed by atoms with E-state index in [0.717, 1.165) is 0 Å². The quantitative estimate of drug-likeness (QED) is 0.804. The summed E-state index contributed by atoms with van der Waals surface area (Å²) in [5, 5.41) is 3.21. The summed E-state index contributed by atoms with van der Waals surface area (Å²) in [7, 11) is 0. The molecule has 0 aromatic heterocycles. The van der Waals surface area contributed by atoms with Gasteiger partial charge in [-0.15, -0.1) is 0 Å². The second-order valence-corrected chi connectivity index (χ2v) is 5.46. The van der Waals surface area contributed by atoms with E-state index in [1.807, 2.05) is 38.7 Å². The van der Waals surface area contributed by atoms with Crippen LogP contribution in [0.2, 0.25) is 0 Å². The second kappa shape index (κ2) is 7.24. The number of nitrogens with one attached hydrogen (secondary N) is 1. The van der Waals surface area contributed by atoms with Crippen molar-refractivity contribution in [1.82, 2.24) is 5.32 Å². The fraction of sp³-hybridized carbons (Fsp3) is 0.533. The van der Waals surface area contributed by atoms with Crippen LogP contribution in [0.3, 0.4) is 0 Å². The highest BCUT2D eigenvalue weighted by molar-refractivity contribution is 5.80. The molecule has 0 aliphatic carbocycles. The highest BCUT2D eigenvalue weighted by Crippen LogP contribution is 2.25. The molecule has 0 atom stereocenters. The number of halogens is 1. The summed E-state index contributed by atoms with van der Waals surface area (Å²) in [5.74, 6) is -0.698. The van der Waals surface area contributed by atoms with Crippen molar-refractivity contribution >= 4 is 11.6 Å². The van der Waals surface area contributed by atoms with Crippen molar-refractivity contribution < 1.29 is 9.18 Å². The van der Waals surface area contributed by atoms with Crippen molar-refractivity contribution in [3.05, 3.63) is 29.6 Å². The number of anilines is 1. The Kier molecular flexibility index (Phi) is 5.95. The van der Waals surface area contributed by atoms with Crippen molar-refractivity contribution in [3.63, 3.8) is 0 Å². The maximum absolute atomic E-state index is 14.1. The largest absolute Gasteiger partial charge is 0.368 e. The van der Waals surface area contributed by atoms with Gasteiger partial charge in [0.15, 0.2) is 0 Å². The van der Waals surface area contributed by atoms with E-state index < -0.39 is 5.91 Å². The maximum Gasteiger partial charge on any atom is 0.236 e. The van der Waals surface area contributed by atoms with E-state index in [9.17, 15) is 9.18 Å².